The van der Waals surface area contributed by atoms with Crippen LogP contribution in [0, 0.1) is 18.8 Å². The number of hydrogen-bond acceptors (Lipinski definition) is 2. The highest BCUT2D eigenvalue weighted by atomic mass is 16.2. The summed E-state index contributed by atoms with van der Waals surface area (Å²) >= 11 is 0. The zero-order valence-corrected chi connectivity index (χ0v) is 11.5. The Kier molecular flexibility index (Phi) is 3.76. The van der Waals surface area contributed by atoms with Gasteiger partial charge in [0.2, 0.25) is 0 Å². The van der Waals surface area contributed by atoms with Crippen molar-refractivity contribution in [2.24, 2.45) is 24.6 Å². The highest BCUT2D eigenvalue weighted by molar-refractivity contribution is 5.93. The van der Waals surface area contributed by atoms with Crippen LogP contribution < -0.4 is 5.73 Å². The Morgan fingerprint density at radius 1 is 1.50 bits per heavy atom. The minimum Gasteiger partial charge on any atom is -0.344 e. The van der Waals surface area contributed by atoms with Crippen LogP contribution in [0.25, 0.3) is 0 Å². The first kappa shape index (κ1) is 13.1. The molecule has 4 heteroatoms. The number of likely N-dealkylation sites (tertiary alicyclic amines) is 1. The van der Waals surface area contributed by atoms with E-state index in [0.29, 0.717) is 18.4 Å². The third kappa shape index (κ3) is 2.29. The number of piperidine rings is 1. The molecule has 1 amide bonds. The molecular formula is C14H23N3O. The smallest absolute Gasteiger partial charge is 0.270 e. The van der Waals surface area contributed by atoms with Gasteiger partial charge in [0.25, 0.3) is 5.91 Å². The van der Waals surface area contributed by atoms with Crippen LogP contribution in [0.4, 0.5) is 0 Å². The van der Waals surface area contributed by atoms with E-state index in [1.807, 2.05) is 35.6 Å². The highest BCUT2D eigenvalue weighted by Gasteiger charge is 2.29. The fourth-order valence-corrected chi connectivity index (χ4v) is 2.63. The number of aryl methyl sites for hydroxylation is 1. The predicted molar refractivity (Wildman–Crippen MR) is 72.4 cm³/mol. The maximum absolute atomic E-state index is 12.5. The van der Waals surface area contributed by atoms with Crippen molar-refractivity contribution in [2.75, 3.05) is 19.6 Å². The summed E-state index contributed by atoms with van der Waals surface area (Å²) in [4.78, 5) is 14.4. The Balaban J connectivity index is 2.12. The second-order valence-corrected chi connectivity index (χ2v) is 5.43. The number of carbonyl (C=O) groups is 1. The highest BCUT2D eigenvalue weighted by Crippen LogP contribution is 2.23. The van der Waals surface area contributed by atoms with E-state index in [-0.39, 0.29) is 5.91 Å². The van der Waals surface area contributed by atoms with Crippen LogP contribution in [0.3, 0.4) is 0 Å². The number of hydrogen-bond donors (Lipinski definition) is 1. The van der Waals surface area contributed by atoms with Gasteiger partial charge in [0.15, 0.2) is 0 Å². The Morgan fingerprint density at radius 2 is 2.22 bits per heavy atom. The second-order valence-electron chi connectivity index (χ2n) is 5.43. The summed E-state index contributed by atoms with van der Waals surface area (Å²) in [7, 11) is 1.94. The van der Waals surface area contributed by atoms with Crippen LogP contribution in [0.15, 0.2) is 12.1 Å². The molecule has 0 spiro atoms. The first-order valence-electron chi connectivity index (χ1n) is 6.66. The molecule has 2 rings (SSSR count). The van der Waals surface area contributed by atoms with Crippen molar-refractivity contribution in [3.8, 4) is 0 Å². The first-order chi connectivity index (χ1) is 8.54. The molecule has 1 aliphatic heterocycles. The van der Waals surface area contributed by atoms with Crippen molar-refractivity contribution in [1.29, 1.82) is 0 Å². The Labute approximate surface area is 109 Å². The molecule has 2 heterocycles. The molecule has 0 bridgehead atoms. The fraction of sp³-hybridized carbons (Fsp3) is 0.643. The lowest BCUT2D eigenvalue weighted by atomic mass is 9.87. The molecule has 1 aliphatic rings. The lowest BCUT2D eigenvalue weighted by Gasteiger charge is -2.36. The quantitative estimate of drug-likeness (QED) is 0.861. The van der Waals surface area contributed by atoms with Crippen molar-refractivity contribution < 1.29 is 4.79 Å². The number of carbonyl (C=O) groups excluding carboxylic acids is 1. The Hall–Kier alpha value is -1.29. The van der Waals surface area contributed by atoms with Crippen molar-refractivity contribution in [3.63, 3.8) is 0 Å². The largest absolute Gasteiger partial charge is 0.344 e. The molecule has 0 radical (unpaired) electrons. The van der Waals surface area contributed by atoms with Crippen molar-refractivity contribution >= 4 is 5.91 Å². The molecule has 1 saturated heterocycles. The number of amides is 1. The first-order valence-corrected chi connectivity index (χ1v) is 6.66. The third-order valence-corrected chi connectivity index (χ3v) is 4.30. The van der Waals surface area contributed by atoms with E-state index in [2.05, 4.69) is 6.92 Å². The average molecular weight is 249 g/mol. The monoisotopic (exact) mass is 249 g/mol. The molecule has 2 unspecified atom stereocenters. The molecule has 0 aromatic carbocycles. The van der Waals surface area contributed by atoms with Gasteiger partial charge < -0.3 is 15.2 Å². The van der Waals surface area contributed by atoms with Gasteiger partial charge in [0.1, 0.15) is 5.69 Å². The predicted octanol–water partition coefficient (Wildman–Crippen LogP) is 1.39. The van der Waals surface area contributed by atoms with Gasteiger partial charge >= 0.3 is 0 Å². The van der Waals surface area contributed by atoms with Crippen LogP contribution in [-0.2, 0) is 7.05 Å². The minimum absolute atomic E-state index is 0.135. The van der Waals surface area contributed by atoms with Crippen molar-refractivity contribution in [3.05, 3.63) is 23.5 Å². The zero-order chi connectivity index (χ0) is 13.3. The standard InChI is InChI=1S/C14H23N3O/c1-10-6-7-17(9-12(10)8-15)14(18)13-5-4-11(2)16(13)3/h4-5,10,12H,6-9,15H2,1-3H3. The van der Waals surface area contributed by atoms with E-state index in [1.165, 1.54) is 0 Å². The summed E-state index contributed by atoms with van der Waals surface area (Å²) in [6.45, 7) is 6.54. The van der Waals surface area contributed by atoms with Crippen LogP contribution in [0.2, 0.25) is 0 Å². The van der Waals surface area contributed by atoms with Crippen molar-refractivity contribution in [2.45, 2.75) is 20.3 Å². The van der Waals surface area contributed by atoms with Gasteiger partial charge in [-0.2, -0.15) is 0 Å². The molecule has 1 fully saturated rings. The molecular weight excluding hydrogens is 226 g/mol. The number of nitrogens with zero attached hydrogens (tertiary/aromatic N) is 2. The van der Waals surface area contributed by atoms with E-state index >= 15 is 0 Å². The van der Waals surface area contributed by atoms with Gasteiger partial charge in [-0.3, -0.25) is 4.79 Å². The van der Waals surface area contributed by atoms with E-state index in [0.717, 1.165) is 30.9 Å². The molecule has 1 aromatic rings. The molecule has 0 saturated carbocycles. The maximum Gasteiger partial charge on any atom is 0.270 e. The van der Waals surface area contributed by atoms with Crippen LogP contribution in [-0.4, -0.2) is 35.0 Å². The summed E-state index contributed by atoms with van der Waals surface area (Å²) < 4.78 is 1.96. The number of nitrogens with two attached hydrogens (primary N) is 1. The summed E-state index contributed by atoms with van der Waals surface area (Å²) in [6.07, 6.45) is 1.05. The van der Waals surface area contributed by atoms with E-state index in [4.69, 9.17) is 5.73 Å². The van der Waals surface area contributed by atoms with Crippen molar-refractivity contribution in [1.82, 2.24) is 9.47 Å². The average Bonchev–Trinajstić information content (AvgIpc) is 2.70. The summed E-state index contributed by atoms with van der Waals surface area (Å²) in [5.74, 6) is 1.19. The van der Waals surface area contributed by atoms with Crippen LogP contribution >= 0.6 is 0 Å². The Morgan fingerprint density at radius 3 is 2.78 bits per heavy atom. The van der Waals surface area contributed by atoms with Gasteiger partial charge in [-0.1, -0.05) is 6.92 Å². The van der Waals surface area contributed by atoms with Gasteiger partial charge in [0.05, 0.1) is 0 Å². The van der Waals surface area contributed by atoms with Gasteiger partial charge in [-0.15, -0.1) is 0 Å². The van der Waals surface area contributed by atoms with E-state index < -0.39 is 0 Å². The second kappa shape index (κ2) is 5.14. The number of rotatable bonds is 2. The topological polar surface area (TPSA) is 51.3 Å². The van der Waals surface area contributed by atoms with E-state index in [1.54, 1.807) is 0 Å². The van der Waals surface area contributed by atoms with Gasteiger partial charge in [-0.05, 0) is 43.9 Å². The normalized spacial score (nSPS) is 24.3. The van der Waals surface area contributed by atoms with Crippen LogP contribution in [0.5, 0.6) is 0 Å². The minimum atomic E-state index is 0.135. The van der Waals surface area contributed by atoms with E-state index in [9.17, 15) is 4.79 Å². The van der Waals surface area contributed by atoms with Crippen LogP contribution in [0.1, 0.15) is 29.5 Å². The molecule has 1 aromatic heterocycles. The summed E-state index contributed by atoms with van der Waals surface area (Å²) in [5, 5.41) is 0. The molecule has 2 atom stereocenters. The summed E-state index contributed by atoms with van der Waals surface area (Å²) in [5.41, 5.74) is 7.67. The molecule has 18 heavy (non-hydrogen) atoms. The molecule has 100 valence electrons. The molecule has 2 N–H and O–H groups in total. The third-order valence-electron chi connectivity index (χ3n) is 4.30. The summed E-state index contributed by atoms with van der Waals surface area (Å²) in [6, 6.07) is 3.90. The maximum atomic E-state index is 12.5. The molecule has 0 aliphatic carbocycles. The van der Waals surface area contributed by atoms with Gasteiger partial charge in [0, 0.05) is 25.8 Å². The fourth-order valence-electron chi connectivity index (χ4n) is 2.63. The lowest BCUT2D eigenvalue weighted by molar-refractivity contribution is 0.0609. The SMILES string of the molecule is Cc1ccc(C(=O)N2CCC(C)C(CN)C2)n1C. The zero-order valence-electron chi connectivity index (χ0n) is 11.5. The molecule has 4 nitrogen and oxygen atoms in total. The number of aromatic nitrogens is 1. The Bertz CT molecular complexity index is 438. The lowest BCUT2D eigenvalue weighted by Crippen LogP contribution is -2.45. The van der Waals surface area contributed by atoms with Gasteiger partial charge in [-0.25, -0.2) is 0 Å².